The largest absolute Gasteiger partial charge is 0.465 e. The standard InChI is InChI=1S/C24H34FN3O4SSi/c1-8-16-9-10-18(25)17(13-16)23(2)19-14-24(19,20(29)27(3)4)33-21(26-23)28(22(30)31)15-32-11-12-34(5,6)7/h8-10,13,19H,1,11-12,14-15H2,2-7H3,(H,30,31)/t19-,23+,24-/m0/s1. The number of hydrogen-bond donors (Lipinski definition) is 1. The van der Waals surface area contributed by atoms with E-state index in [9.17, 15) is 14.7 Å². The van der Waals surface area contributed by atoms with E-state index >= 15 is 4.39 Å². The minimum Gasteiger partial charge on any atom is -0.465 e. The van der Waals surface area contributed by atoms with Crippen molar-refractivity contribution >= 4 is 43.1 Å². The van der Waals surface area contributed by atoms with Gasteiger partial charge in [0.05, 0.1) is 5.54 Å². The number of fused-ring (bicyclic) bond motifs is 1. The maximum absolute atomic E-state index is 15.1. The summed E-state index contributed by atoms with van der Waals surface area (Å²) in [6.45, 7) is 12.4. The normalized spacial score (nSPS) is 25.7. The first kappa shape index (κ1) is 26.4. The van der Waals surface area contributed by atoms with Gasteiger partial charge in [-0.25, -0.2) is 14.1 Å². The lowest BCUT2D eigenvalue weighted by Gasteiger charge is -2.37. The van der Waals surface area contributed by atoms with E-state index in [1.165, 1.54) is 11.0 Å². The van der Waals surface area contributed by atoms with Gasteiger partial charge in [-0.3, -0.25) is 9.79 Å². The zero-order valence-corrected chi connectivity index (χ0v) is 22.5. The molecule has 0 bridgehead atoms. The fourth-order valence-electron chi connectivity index (χ4n) is 4.28. The van der Waals surface area contributed by atoms with Gasteiger partial charge >= 0.3 is 6.09 Å². The van der Waals surface area contributed by atoms with Crippen LogP contribution in [0.1, 0.15) is 24.5 Å². The summed E-state index contributed by atoms with van der Waals surface area (Å²) in [4.78, 5) is 32.8. The molecule has 3 rings (SSSR count). The average molecular weight is 508 g/mol. The Hall–Kier alpha value is -2.17. The maximum atomic E-state index is 15.1. The van der Waals surface area contributed by atoms with Gasteiger partial charge in [-0.1, -0.05) is 50.1 Å². The highest BCUT2D eigenvalue weighted by Gasteiger charge is 2.71. The molecule has 1 saturated carbocycles. The molecule has 7 nitrogen and oxygen atoms in total. The van der Waals surface area contributed by atoms with Crippen molar-refractivity contribution in [3.63, 3.8) is 0 Å². The Morgan fingerprint density at radius 3 is 2.62 bits per heavy atom. The molecule has 3 atom stereocenters. The third-order valence-corrected chi connectivity index (χ3v) is 9.60. The second-order valence-electron chi connectivity index (χ2n) is 10.5. The lowest BCUT2D eigenvalue weighted by atomic mass is 9.84. The van der Waals surface area contributed by atoms with Crippen LogP contribution in [0, 0.1) is 11.7 Å². The predicted octanol–water partition coefficient (Wildman–Crippen LogP) is 4.93. The van der Waals surface area contributed by atoms with E-state index in [1.807, 2.05) is 0 Å². The van der Waals surface area contributed by atoms with Crippen LogP contribution in [-0.4, -0.2) is 72.3 Å². The summed E-state index contributed by atoms with van der Waals surface area (Å²) >= 11 is 1.15. The molecular weight excluding hydrogens is 473 g/mol. The molecule has 0 aromatic heterocycles. The van der Waals surface area contributed by atoms with Crippen molar-refractivity contribution in [2.24, 2.45) is 10.9 Å². The van der Waals surface area contributed by atoms with E-state index < -0.39 is 30.3 Å². The molecule has 1 aromatic carbocycles. The summed E-state index contributed by atoms with van der Waals surface area (Å²) in [7, 11) is 1.99. The number of carbonyl (C=O) groups is 2. The smallest absolute Gasteiger partial charge is 0.415 e. The third kappa shape index (κ3) is 5.08. The minimum atomic E-state index is -1.35. The quantitative estimate of drug-likeness (QED) is 0.307. The lowest BCUT2D eigenvalue weighted by Crippen LogP contribution is -2.47. The zero-order chi connectivity index (χ0) is 25.5. The molecule has 186 valence electrons. The van der Waals surface area contributed by atoms with Crippen molar-refractivity contribution < 1.29 is 23.8 Å². The second kappa shape index (κ2) is 9.47. The van der Waals surface area contributed by atoms with Crippen LogP contribution in [0.25, 0.3) is 6.08 Å². The molecular formula is C24H34FN3O4SSi. The van der Waals surface area contributed by atoms with Crippen molar-refractivity contribution in [2.45, 2.75) is 49.3 Å². The Bertz CT molecular complexity index is 1030. The van der Waals surface area contributed by atoms with Crippen LogP contribution in [0.4, 0.5) is 9.18 Å². The van der Waals surface area contributed by atoms with Crippen LogP contribution in [0.5, 0.6) is 0 Å². The van der Waals surface area contributed by atoms with Crippen LogP contribution in [0.2, 0.25) is 25.7 Å². The van der Waals surface area contributed by atoms with Crippen molar-refractivity contribution in [2.75, 3.05) is 27.4 Å². The van der Waals surface area contributed by atoms with Crippen molar-refractivity contribution in [1.29, 1.82) is 0 Å². The van der Waals surface area contributed by atoms with Crippen LogP contribution in [0.15, 0.2) is 29.8 Å². The van der Waals surface area contributed by atoms with E-state index in [0.717, 1.165) is 28.3 Å². The number of thioether (sulfide) groups is 1. The molecule has 0 spiro atoms. The topological polar surface area (TPSA) is 82.4 Å². The number of carbonyl (C=O) groups excluding carboxylic acids is 1. The molecule has 0 saturated heterocycles. The van der Waals surface area contributed by atoms with Crippen LogP contribution >= 0.6 is 11.8 Å². The summed E-state index contributed by atoms with van der Waals surface area (Å²) in [5, 5.41) is 10.1. The van der Waals surface area contributed by atoms with Gasteiger partial charge in [0.25, 0.3) is 0 Å². The molecule has 2 amide bonds. The molecule has 1 N–H and O–H groups in total. The minimum absolute atomic E-state index is 0.133. The fraction of sp³-hybridized carbons (Fsp3) is 0.542. The van der Waals surface area contributed by atoms with E-state index in [1.54, 1.807) is 39.2 Å². The Kier molecular flexibility index (Phi) is 7.36. The number of benzene rings is 1. The summed E-state index contributed by atoms with van der Waals surface area (Å²) < 4.78 is 19.9. The number of halogens is 1. The van der Waals surface area contributed by atoms with Crippen molar-refractivity contribution in [3.8, 4) is 0 Å². The second-order valence-corrected chi connectivity index (χ2v) is 17.4. The number of rotatable bonds is 8. The lowest BCUT2D eigenvalue weighted by molar-refractivity contribution is -0.129. The average Bonchev–Trinajstić information content (AvgIpc) is 3.49. The first-order valence-corrected chi connectivity index (χ1v) is 15.8. The molecule has 0 unspecified atom stereocenters. The number of ether oxygens (including phenoxy) is 1. The predicted molar refractivity (Wildman–Crippen MR) is 137 cm³/mol. The molecule has 2 aliphatic rings. The summed E-state index contributed by atoms with van der Waals surface area (Å²) in [5.74, 6) is -0.859. The number of nitrogens with zero attached hydrogens (tertiary/aromatic N) is 3. The highest BCUT2D eigenvalue weighted by molar-refractivity contribution is 8.16. The first-order valence-electron chi connectivity index (χ1n) is 11.3. The number of aliphatic imine (C=N–C) groups is 1. The molecule has 1 fully saturated rings. The SMILES string of the molecule is C=Cc1ccc(F)c([C@@]2(C)N=C(N(COCC[Si](C)(C)C)C(=O)O)S[C@@]3(C(=O)N(C)C)C[C@H]32)c1. The van der Waals surface area contributed by atoms with Crippen LogP contribution in [-0.2, 0) is 15.1 Å². The Morgan fingerprint density at radius 1 is 1.38 bits per heavy atom. The molecule has 1 aromatic rings. The number of amides is 2. The van der Waals surface area contributed by atoms with Crippen LogP contribution < -0.4 is 0 Å². The van der Waals surface area contributed by atoms with Gasteiger partial charge in [0.1, 0.15) is 17.3 Å². The van der Waals surface area contributed by atoms with Gasteiger partial charge in [-0.05, 0) is 37.1 Å². The molecule has 34 heavy (non-hydrogen) atoms. The van der Waals surface area contributed by atoms with Gasteiger partial charge < -0.3 is 14.7 Å². The highest BCUT2D eigenvalue weighted by atomic mass is 32.2. The summed E-state index contributed by atoms with van der Waals surface area (Å²) in [6.07, 6.45) is 0.864. The number of carboxylic acid groups (broad SMARTS) is 1. The van der Waals surface area contributed by atoms with Gasteiger partial charge in [0.15, 0.2) is 5.17 Å². The first-order chi connectivity index (χ1) is 15.7. The Balaban J connectivity index is 2.03. The monoisotopic (exact) mass is 507 g/mol. The summed E-state index contributed by atoms with van der Waals surface area (Å²) in [6, 6.07) is 5.56. The Labute approximate surface area is 206 Å². The summed E-state index contributed by atoms with van der Waals surface area (Å²) in [5.41, 5.74) is -0.0739. The van der Waals surface area contributed by atoms with Crippen LogP contribution in [0.3, 0.4) is 0 Å². The van der Waals surface area contributed by atoms with Gasteiger partial charge in [0.2, 0.25) is 5.91 Å². The molecule has 0 radical (unpaired) electrons. The molecule has 10 heteroatoms. The van der Waals surface area contributed by atoms with Gasteiger partial charge in [-0.15, -0.1) is 0 Å². The highest BCUT2D eigenvalue weighted by Crippen LogP contribution is 2.67. The maximum Gasteiger partial charge on any atom is 0.415 e. The van der Waals surface area contributed by atoms with E-state index in [2.05, 4.69) is 26.2 Å². The zero-order valence-electron chi connectivity index (χ0n) is 20.7. The Morgan fingerprint density at radius 2 is 2.06 bits per heavy atom. The van der Waals surface area contributed by atoms with E-state index in [-0.39, 0.29) is 23.7 Å². The van der Waals surface area contributed by atoms with Gasteiger partial charge in [-0.2, -0.15) is 0 Å². The van der Waals surface area contributed by atoms with Crippen molar-refractivity contribution in [3.05, 3.63) is 41.7 Å². The fourth-order valence-corrected chi connectivity index (χ4v) is 6.73. The molecule has 1 heterocycles. The number of amidine groups is 1. The molecule has 1 aliphatic heterocycles. The third-order valence-electron chi connectivity index (χ3n) is 6.41. The van der Waals surface area contributed by atoms with Gasteiger partial charge in [0, 0.05) is 40.3 Å². The van der Waals surface area contributed by atoms with Crippen molar-refractivity contribution in [1.82, 2.24) is 9.80 Å². The molecule has 1 aliphatic carbocycles. The number of hydrogen-bond acceptors (Lipinski definition) is 5. The van der Waals surface area contributed by atoms with E-state index in [4.69, 9.17) is 9.73 Å². The van der Waals surface area contributed by atoms with E-state index in [0.29, 0.717) is 18.6 Å².